The maximum atomic E-state index is 13.8. The Balaban J connectivity index is 1.19. The van der Waals surface area contributed by atoms with Crippen molar-refractivity contribution in [2.24, 2.45) is 0 Å². The molecule has 45 heavy (non-hydrogen) atoms. The Morgan fingerprint density at radius 1 is 1.00 bits per heavy atom. The van der Waals surface area contributed by atoms with E-state index in [1.807, 2.05) is 30.3 Å². The minimum Gasteiger partial charge on any atom is -0.497 e. The number of pyridine rings is 1. The average molecular weight is 635 g/mol. The van der Waals surface area contributed by atoms with E-state index in [-0.39, 0.29) is 18.2 Å². The van der Waals surface area contributed by atoms with E-state index in [1.54, 1.807) is 38.3 Å². The quantitative estimate of drug-likeness (QED) is 0.138. The molecule has 0 aliphatic rings. The molecular formula is C34H32ClFN2O7. The molecule has 0 bridgehead atoms. The van der Waals surface area contributed by atoms with Crippen molar-refractivity contribution in [1.29, 1.82) is 0 Å². The molecule has 234 valence electrons. The third-order valence-corrected chi connectivity index (χ3v) is 7.26. The van der Waals surface area contributed by atoms with Crippen molar-refractivity contribution in [3.63, 3.8) is 0 Å². The van der Waals surface area contributed by atoms with Crippen molar-refractivity contribution < 1.29 is 37.7 Å². The fourth-order valence-electron chi connectivity index (χ4n) is 4.65. The van der Waals surface area contributed by atoms with E-state index in [0.29, 0.717) is 64.0 Å². The van der Waals surface area contributed by atoms with Gasteiger partial charge in [0, 0.05) is 23.1 Å². The van der Waals surface area contributed by atoms with Gasteiger partial charge in [-0.25, -0.2) is 9.37 Å². The zero-order valence-corrected chi connectivity index (χ0v) is 25.7. The molecule has 3 aromatic carbocycles. The summed E-state index contributed by atoms with van der Waals surface area (Å²) >= 11 is 6.01. The van der Waals surface area contributed by atoms with E-state index in [9.17, 15) is 14.3 Å². The Morgan fingerprint density at radius 3 is 2.53 bits per heavy atom. The number of benzene rings is 3. The number of ether oxygens (including phenoxy) is 4. The molecule has 0 fully saturated rings. The third kappa shape index (κ3) is 7.72. The van der Waals surface area contributed by atoms with Gasteiger partial charge in [-0.2, -0.15) is 0 Å². The standard InChI is InChI=1S/C34H32ClFN2O7/c1-20-14-24-16-28(38-32(33(24)45-20)22-6-10-27(36)26(35)15-22)29(39)18-37-34(40)23-7-11-30(31(17-23)42-3)44-13-12-43-19-21-4-8-25(41-2)9-5-21/h4-11,14-17,29,39H,12-13,18-19H2,1-3H3,(H,37,40). The Morgan fingerprint density at radius 2 is 1.80 bits per heavy atom. The summed E-state index contributed by atoms with van der Waals surface area (Å²) in [6.07, 6.45) is -1.15. The van der Waals surface area contributed by atoms with Crippen LogP contribution in [0.25, 0.3) is 22.2 Å². The van der Waals surface area contributed by atoms with E-state index in [4.69, 9.17) is 35.0 Å². The summed E-state index contributed by atoms with van der Waals surface area (Å²) in [5.74, 6) is 1.28. The molecule has 0 saturated carbocycles. The lowest BCUT2D eigenvalue weighted by molar-refractivity contribution is 0.0877. The van der Waals surface area contributed by atoms with Gasteiger partial charge in [0.05, 0.1) is 38.1 Å². The van der Waals surface area contributed by atoms with Gasteiger partial charge < -0.3 is 33.8 Å². The highest BCUT2D eigenvalue weighted by molar-refractivity contribution is 6.31. The van der Waals surface area contributed by atoms with Crippen molar-refractivity contribution in [2.75, 3.05) is 34.0 Å². The van der Waals surface area contributed by atoms with Crippen LogP contribution in [0.3, 0.4) is 0 Å². The summed E-state index contributed by atoms with van der Waals surface area (Å²) in [4.78, 5) is 17.6. The second-order valence-corrected chi connectivity index (χ2v) is 10.5. The van der Waals surface area contributed by atoms with E-state index in [2.05, 4.69) is 10.3 Å². The number of amides is 1. The molecule has 2 heterocycles. The molecule has 9 nitrogen and oxygen atoms in total. The van der Waals surface area contributed by atoms with Crippen molar-refractivity contribution in [3.8, 4) is 28.5 Å². The topological polar surface area (TPSA) is 112 Å². The van der Waals surface area contributed by atoms with Gasteiger partial charge in [0.2, 0.25) is 0 Å². The molecule has 1 atom stereocenters. The first-order valence-corrected chi connectivity index (χ1v) is 14.5. The number of aliphatic hydroxyl groups is 1. The van der Waals surface area contributed by atoms with E-state index in [1.165, 1.54) is 25.3 Å². The highest BCUT2D eigenvalue weighted by Gasteiger charge is 2.19. The predicted molar refractivity (Wildman–Crippen MR) is 168 cm³/mol. The summed E-state index contributed by atoms with van der Waals surface area (Å²) in [5.41, 5.74) is 3.03. The smallest absolute Gasteiger partial charge is 0.251 e. The lowest BCUT2D eigenvalue weighted by Gasteiger charge is -2.15. The minimum absolute atomic E-state index is 0.0613. The van der Waals surface area contributed by atoms with Crippen LogP contribution < -0.4 is 19.5 Å². The van der Waals surface area contributed by atoms with Crippen molar-refractivity contribution >= 4 is 28.5 Å². The number of aryl methyl sites for hydroxylation is 1. The number of fused-ring (bicyclic) bond motifs is 1. The molecule has 11 heteroatoms. The molecule has 2 aromatic heterocycles. The highest BCUT2D eigenvalue weighted by atomic mass is 35.5. The van der Waals surface area contributed by atoms with E-state index >= 15 is 0 Å². The van der Waals surface area contributed by atoms with Crippen LogP contribution in [0.2, 0.25) is 5.02 Å². The monoisotopic (exact) mass is 634 g/mol. The van der Waals surface area contributed by atoms with Crippen LogP contribution in [0, 0.1) is 12.7 Å². The molecule has 5 aromatic rings. The van der Waals surface area contributed by atoms with Gasteiger partial charge in [0.15, 0.2) is 17.1 Å². The summed E-state index contributed by atoms with van der Waals surface area (Å²) in [6, 6.07) is 20.1. The zero-order valence-electron chi connectivity index (χ0n) is 24.9. The van der Waals surface area contributed by atoms with Gasteiger partial charge in [-0.05, 0) is 73.2 Å². The number of carbonyl (C=O) groups is 1. The molecular weight excluding hydrogens is 603 g/mol. The number of halogens is 2. The number of furan rings is 1. The number of hydrogen-bond donors (Lipinski definition) is 2. The predicted octanol–water partition coefficient (Wildman–Crippen LogP) is 6.67. The molecule has 2 N–H and O–H groups in total. The second kappa shape index (κ2) is 14.4. The molecule has 1 amide bonds. The first kappa shape index (κ1) is 31.8. The lowest BCUT2D eigenvalue weighted by atomic mass is 10.1. The van der Waals surface area contributed by atoms with Crippen LogP contribution in [-0.2, 0) is 11.3 Å². The maximum Gasteiger partial charge on any atom is 0.251 e. The highest BCUT2D eigenvalue weighted by Crippen LogP contribution is 2.33. The summed E-state index contributed by atoms with van der Waals surface area (Å²) < 4.78 is 41.7. The average Bonchev–Trinajstić information content (AvgIpc) is 3.44. The largest absolute Gasteiger partial charge is 0.497 e. The SMILES string of the molecule is COc1ccc(COCCOc2ccc(C(=O)NCC(O)c3cc4cc(C)oc4c(-c4ccc(F)c(Cl)c4)n3)cc2OC)cc1. The van der Waals surface area contributed by atoms with Gasteiger partial charge in [0.25, 0.3) is 5.91 Å². The Hall–Kier alpha value is -4.64. The van der Waals surface area contributed by atoms with Crippen LogP contribution in [0.15, 0.2) is 77.2 Å². The fourth-order valence-corrected chi connectivity index (χ4v) is 4.83. The summed E-state index contributed by atoms with van der Waals surface area (Å²) in [6.45, 7) is 2.74. The Labute approximate surface area is 264 Å². The third-order valence-electron chi connectivity index (χ3n) is 6.97. The van der Waals surface area contributed by atoms with Crippen LogP contribution >= 0.6 is 11.6 Å². The van der Waals surface area contributed by atoms with Gasteiger partial charge in [-0.15, -0.1) is 0 Å². The molecule has 1 unspecified atom stereocenters. The Kier molecular flexibility index (Phi) is 10.2. The number of aromatic nitrogens is 1. The van der Waals surface area contributed by atoms with Crippen LogP contribution in [-0.4, -0.2) is 50.0 Å². The second-order valence-electron chi connectivity index (χ2n) is 10.1. The number of methoxy groups -OCH3 is 2. The number of hydrogen-bond acceptors (Lipinski definition) is 8. The van der Waals surface area contributed by atoms with Crippen LogP contribution in [0.5, 0.6) is 17.2 Å². The Bertz CT molecular complexity index is 1790. The van der Waals surface area contributed by atoms with Crippen LogP contribution in [0.4, 0.5) is 4.39 Å². The maximum absolute atomic E-state index is 13.8. The molecule has 0 aliphatic heterocycles. The molecule has 5 rings (SSSR count). The van der Waals surface area contributed by atoms with Crippen molar-refractivity contribution in [1.82, 2.24) is 10.3 Å². The van der Waals surface area contributed by atoms with E-state index < -0.39 is 17.8 Å². The van der Waals surface area contributed by atoms with Crippen LogP contribution in [0.1, 0.15) is 33.5 Å². The molecule has 0 spiro atoms. The number of nitrogens with one attached hydrogen (secondary N) is 1. The molecule has 0 radical (unpaired) electrons. The first-order chi connectivity index (χ1) is 21.7. The van der Waals surface area contributed by atoms with Gasteiger partial charge in [0.1, 0.15) is 35.7 Å². The first-order valence-electron chi connectivity index (χ1n) is 14.1. The van der Waals surface area contributed by atoms with Gasteiger partial charge in [-0.3, -0.25) is 4.79 Å². The van der Waals surface area contributed by atoms with Crippen molar-refractivity contribution in [3.05, 3.63) is 106 Å². The lowest BCUT2D eigenvalue weighted by Crippen LogP contribution is -2.28. The minimum atomic E-state index is -1.15. The zero-order chi connectivity index (χ0) is 31.9. The fraction of sp³-hybridized carbons (Fsp3) is 0.235. The number of carbonyl (C=O) groups excluding carboxylic acids is 1. The number of nitrogens with zero attached hydrogens (tertiary/aromatic N) is 1. The normalized spacial score (nSPS) is 11.8. The summed E-state index contributed by atoms with van der Waals surface area (Å²) in [5, 5.41) is 14.3. The molecule has 0 saturated heterocycles. The molecule has 0 aliphatic carbocycles. The van der Waals surface area contributed by atoms with Crippen molar-refractivity contribution in [2.45, 2.75) is 19.6 Å². The number of rotatable bonds is 13. The summed E-state index contributed by atoms with van der Waals surface area (Å²) in [7, 11) is 3.10. The van der Waals surface area contributed by atoms with E-state index in [0.717, 1.165) is 11.3 Å². The number of aliphatic hydroxyl groups excluding tert-OH is 1. The van der Waals surface area contributed by atoms with Gasteiger partial charge >= 0.3 is 0 Å². The van der Waals surface area contributed by atoms with Gasteiger partial charge in [-0.1, -0.05) is 23.7 Å².